The number of halogens is 1. The van der Waals surface area contributed by atoms with Crippen molar-refractivity contribution in [2.24, 2.45) is 5.92 Å². The summed E-state index contributed by atoms with van der Waals surface area (Å²) in [6.07, 6.45) is 5.88. The molecule has 1 atom stereocenters. The summed E-state index contributed by atoms with van der Waals surface area (Å²) in [5.41, 5.74) is 2.81. The lowest BCUT2D eigenvalue weighted by molar-refractivity contribution is -0.116. The van der Waals surface area contributed by atoms with E-state index in [-0.39, 0.29) is 11.7 Å². The van der Waals surface area contributed by atoms with Gasteiger partial charge in [0.2, 0.25) is 5.91 Å². The maximum atomic E-state index is 13.2. The van der Waals surface area contributed by atoms with E-state index in [1.165, 1.54) is 35.4 Å². The molecule has 3 nitrogen and oxygen atoms in total. The molecule has 5 heteroatoms. The van der Waals surface area contributed by atoms with E-state index in [9.17, 15) is 9.18 Å². The van der Waals surface area contributed by atoms with Gasteiger partial charge in [-0.3, -0.25) is 9.69 Å². The second kappa shape index (κ2) is 10.1. The third-order valence-corrected chi connectivity index (χ3v) is 6.11. The standard InChI is InChI=1S/C23H29FN2OS/c1-17-13-20(24)9-10-22(17)25-23(27)11-8-18-6-4-12-26(15-18)16-19-5-3-7-21(14-19)28-2/h3,5,7,9-10,13-14,18H,4,6,8,11-12,15-16H2,1-2H3,(H,25,27)/t18-/m0/s1. The Bertz CT molecular complexity index is 811. The molecule has 1 amide bonds. The smallest absolute Gasteiger partial charge is 0.224 e. The molecule has 150 valence electrons. The first-order chi connectivity index (χ1) is 13.5. The molecular weight excluding hydrogens is 371 g/mol. The van der Waals surface area contributed by atoms with Gasteiger partial charge in [-0.1, -0.05) is 12.1 Å². The van der Waals surface area contributed by atoms with Crippen LogP contribution in [0.15, 0.2) is 47.4 Å². The van der Waals surface area contributed by atoms with Crippen molar-refractivity contribution in [3.05, 3.63) is 59.4 Å². The Kier molecular flexibility index (Phi) is 7.51. The molecule has 0 bridgehead atoms. The number of anilines is 1. The Morgan fingerprint density at radius 2 is 2.14 bits per heavy atom. The molecule has 0 spiro atoms. The van der Waals surface area contributed by atoms with Crippen LogP contribution in [0.4, 0.5) is 10.1 Å². The first kappa shape index (κ1) is 20.9. The van der Waals surface area contributed by atoms with Gasteiger partial charge in [0, 0.05) is 30.1 Å². The highest BCUT2D eigenvalue weighted by Gasteiger charge is 2.21. The van der Waals surface area contributed by atoms with Gasteiger partial charge >= 0.3 is 0 Å². The zero-order chi connectivity index (χ0) is 19.9. The number of likely N-dealkylation sites (tertiary alicyclic amines) is 1. The molecule has 0 aromatic heterocycles. The molecule has 1 fully saturated rings. The van der Waals surface area contributed by atoms with Crippen molar-refractivity contribution < 1.29 is 9.18 Å². The van der Waals surface area contributed by atoms with E-state index in [4.69, 9.17) is 0 Å². The molecule has 1 saturated heterocycles. The highest BCUT2D eigenvalue weighted by molar-refractivity contribution is 7.98. The lowest BCUT2D eigenvalue weighted by atomic mass is 9.93. The van der Waals surface area contributed by atoms with Crippen LogP contribution in [-0.2, 0) is 11.3 Å². The maximum Gasteiger partial charge on any atom is 0.224 e. The fourth-order valence-corrected chi connectivity index (χ4v) is 4.36. The number of nitrogens with zero attached hydrogens (tertiary/aromatic N) is 1. The fourth-order valence-electron chi connectivity index (χ4n) is 3.87. The average molecular weight is 401 g/mol. The summed E-state index contributed by atoms with van der Waals surface area (Å²) in [4.78, 5) is 16.1. The maximum absolute atomic E-state index is 13.2. The Morgan fingerprint density at radius 1 is 1.29 bits per heavy atom. The van der Waals surface area contributed by atoms with Crippen LogP contribution in [-0.4, -0.2) is 30.2 Å². The number of aryl methyl sites for hydroxylation is 1. The Labute approximate surface area is 171 Å². The Morgan fingerprint density at radius 3 is 2.93 bits per heavy atom. The van der Waals surface area contributed by atoms with Gasteiger partial charge in [-0.05, 0) is 86.4 Å². The molecule has 1 N–H and O–H groups in total. The summed E-state index contributed by atoms with van der Waals surface area (Å²) in [6.45, 7) is 4.96. The van der Waals surface area contributed by atoms with E-state index in [1.54, 1.807) is 17.8 Å². The second-order valence-corrected chi connectivity index (χ2v) is 8.52. The monoisotopic (exact) mass is 400 g/mol. The molecule has 2 aromatic rings. The van der Waals surface area contributed by atoms with E-state index in [2.05, 4.69) is 40.7 Å². The molecule has 0 unspecified atom stereocenters. The minimum Gasteiger partial charge on any atom is -0.326 e. The average Bonchev–Trinajstić information content (AvgIpc) is 2.69. The summed E-state index contributed by atoms with van der Waals surface area (Å²) in [5.74, 6) is 0.290. The summed E-state index contributed by atoms with van der Waals surface area (Å²) < 4.78 is 13.2. The van der Waals surface area contributed by atoms with Gasteiger partial charge in [-0.2, -0.15) is 0 Å². The molecule has 2 aromatic carbocycles. The molecule has 28 heavy (non-hydrogen) atoms. The second-order valence-electron chi connectivity index (χ2n) is 7.64. The van der Waals surface area contributed by atoms with Crippen molar-refractivity contribution in [1.29, 1.82) is 0 Å². The molecule has 0 radical (unpaired) electrons. The van der Waals surface area contributed by atoms with Crippen molar-refractivity contribution >= 4 is 23.4 Å². The van der Waals surface area contributed by atoms with Crippen molar-refractivity contribution in [3.8, 4) is 0 Å². The number of piperidine rings is 1. The predicted octanol–water partition coefficient (Wildman–Crippen LogP) is 5.49. The number of carbonyl (C=O) groups is 1. The van der Waals surface area contributed by atoms with Crippen LogP contribution in [0.5, 0.6) is 0 Å². The highest BCUT2D eigenvalue weighted by atomic mass is 32.2. The number of carbonyl (C=O) groups excluding carboxylic acids is 1. The highest BCUT2D eigenvalue weighted by Crippen LogP contribution is 2.24. The first-order valence-electron chi connectivity index (χ1n) is 9.95. The normalized spacial score (nSPS) is 17.5. The molecule has 0 aliphatic carbocycles. The van der Waals surface area contributed by atoms with Crippen LogP contribution >= 0.6 is 11.8 Å². The first-order valence-corrected chi connectivity index (χ1v) is 11.2. The van der Waals surface area contributed by atoms with Gasteiger partial charge < -0.3 is 5.32 Å². The lowest BCUT2D eigenvalue weighted by Gasteiger charge is -2.32. The minimum atomic E-state index is -0.277. The lowest BCUT2D eigenvalue weighted by Crippen LogP contribution is -2.35. The Balaban J connectivity index is 1.47. The molecule has 3 rings (SSSR count). The fraction of sp³-hybridized carbons (Fsp3) is 0.435. The van der Waals surface area contributed by atoms with E-state index < -0.39 is 0 Å². The largest absolute Gasteiger partial charge is 0.326 e. The number of rotatable bonds is 7. The van der Waals surface area contributed by atoms with Gasteiger partial charge in [-0.15, -0.1) is 11.8 Å². The van der Waals surface area contributed by atoms with Crippen molar-refractivity contribution in [3.63, 3.8) is 0 Å². The molecule has 1 heterocycles. The zero-order valence-corrected chi connectivity index (χ0v) is 17.5. The third-order valence-electron chi connectivity index (χ3n) is 5.39. The van der Waals surface area contributed by atoms with Gasteiger partial charge in [0.15, 0.2) is 0 Å². The van der Waals surface area contributed by atoms with E-state index in [0.29, 0.717) is 18.0 Å². The van der Waals surface area contributed by atoms with Crippen LogP contribution in [0, 0.1) is 18.7 Å². The number of nitrogens with one attached hydrogen (secondary N) is 1. The summed E-state index contributed by atoms with van der Waals surface area (Å²) >= 11 is 1.78. The quantitative estimate of drug-likeness (QED) is 0.624. The van der Waals surface area contributed by atoms with E-state index in [1.807, 2.05) is 6.92 Å². The van der Waals surface area contributed by atoms with Crippen molar-refractivity contribution in [1.82, 2.24) is 4.90 Å². The van der Waals surface area contributed by atoms with Crippen LogP contribution in [0.1, 0.15) is 36.8 Å². The van der Waals surface area contributed by atoms with Crippen molar-refractivity contribution in [2.75, 3.05) is 24.7 Å². The summed E-state index contributed by atoms with van der Waals surface area (Å²) in [6, 6.07) is 13.2. The molecular formula is C23H29FN2OS. The zero-order valence-electron chi connectivity index (χ0n) is 16.7. The minimum absolute atomic E-state index is 0.0134. The third kappa shape index (κ3) is 6.08. The topological polar surface area (TPSA) is 32.3 Å². The van der Waals surface area contributed by atoms with Gasteiger partial charge in [-0.25, -0.2) is 4.39 Å². The summed E-state index contributed by atoms with van der Waals surface area (Å²) in [5, 5.41) is 2.92. The van der Waals surface area contributed by atoms with Crippen molar-refractivity contribution in [2.45, 2.75) is 44.0 Å². The van der Waals surface area contributed by atoms with Crippen LogP contribution in [0.25, 0.3) is 0 Å². The summed E-state index contributed by atoms with van der Waals surface area (Å²) in [7, 11) is 0. The number of hydrogen-bond acceptors (Lipinski definition) is 3. The van der Waals surface area contributed by atoms with Crippen LogP contribution < -0.4 is 5.32 Å². The number of amides is 1. The molecule has 0 saturated carbocycles. The van der Waals surface area contributed by atoms with Gasteiger partial charge in [0.05, 0.1) is 0 Å². The van der Waals surface area contributed by atoms with Gasteiger partial charge in [0.25, 0.3) is 0 Å². The number of benzene rings is 2. The number of thioether (sulfide) groups is 1. The van der Waals surface area contributed by atoms with Gasteiger partial charge in [0.1, 0.15) is 5.82 Å². The SMILES string of the molecule is CSc1cccc(CN2CCC[C@@H](CCC(=O)Nc3ccc(F)cc3C)C2)c1. The van der Waals surface area contributed by atoms with E-state index >= 15 is 0 Å². The van der Waals surface area contributed by atoms with E-state index in [0.717, 1.165) is 31.6 Å². The Hall–Kier alpha value is -1.85. The predicted molar refractivity (Wildman–Crippen MR) is 115 cm³/mol. The van der Waals surface area contributed by atoms with Crippen LogP contribution in [0.2, 0.25) is 0 Å². The molecule has 1 aliphatic rings. The molecule has 1 aliphatic heterocycles. The number of hydrogen-bond donors (Lipinski definition) is 1. The van der Waals surface area contributed by atoms with Crippen LogP contribution in [0.3, 0.4) is 0 Å².